The summed E-state index contributed by atoms with van der Waals surface area (Å²) >= 11 is 1.67. The summed E-state index contributed by atoms with van der Waals surface area (Å²) in [6.45, 7) is 5.98. The molecule has 1 aliphatic heterocycles. The van der Waals surface area contributed by atoms with Gasteiger partial charge in [-0.25, -0.2) is 4.98 Å². The molecular formula is C15H22N2O3S. The maximum atomic E-state index is 12.0. The molecule has 0 amide bonds. The van der Waals surface area contributed by atoms with Crippen LogP contribution in [0, 0.1) is 0 Å². The topological polar surface area (TPSA) is 60.5 Å². The predicted molar refractivity (Wildman–Crippen MR) is 81.9 cm³/mol. The van der Waals surface area contributed by atoms with Gasteiger partial charge in [0.1, 0.15) is 5.92 Å². The van der Waals surface area contributed by atoms with E-state index < -0.39 is 0 Å². The number of esters is 1. The molecule has 0 aromatic carbocycles. The van der Waals surface area contributed by atoms with Gasteiger partial charge in [0, 0.05) is 11.5 Å². The molecule has 2 heterocycles. The van der Waals surface area contributed by atoms with Gasteiger partial charge in [-0.2, -0.15) is 0 Å². The van der Waals surface area contributed by atoms with Gasteiger partial charge in [0.15, 0.2) is 5.13 Å². The number of carbonyl (C=O) groups excluding carboxylic acids is 1. The number of carbonyl (C=O) groups is 1. The van der Waals surface area contributed by atoms with Gasteiger partial charge in [-0.1, -0.05) is 0 Å². The van der Waals surface area contributed by atoms with E-state index in [4.69, 9.17) is 9.47 Å². The lowest BCUT2D eigenvalue weighted by Crippen LogP contribution is -2.43. The van der Waals surface area contributed by atoms with Crippen LogP contribution in [0.5, 0.6) is 0 Å². The molecular weight excluding hydrogens is 288 g/mol. The predicted octanol–water partition coefficient (Wildman–Crippen LogP) is 2.72. The van der Waals surface area contributed by atoms with Crippen LogP contribution in [0.3, 0.4) is 0 Å². The number of ether oxygens (including phenoxy) is 2. The van der Waals surface area contributed by atoms with Gasteiger partial charge >= 0.3 is 5.97 Å². The van der Waals surface area contributed by atoms with Crippen molar-refractivity contribution in [1.29, 1.82) is 0 Å². The van der Waals surface area contributed by atoms with Gasteiger partial charge in [0.25, 0.3) is 0 Å². The average molecular weight is 310 g/mol. The van der Waals surface area contributed by atoms with Crippen molar-refractivity contribution in [1.82, 2.24) is 4.98 Å². The molecule has 3 rings (SSSR count). The first kappa shape index (κ1) is 14.8. The third kappa shape index (κ3) is 3.06. The minimum atomic E-state index is -0.179. The van der Waals surface area contributed by atoms with Crippen molar-refractivity contribution in [2.45, 2.75) is 51.0 Å². The summed E-state index contributed by atoms with van der Waals surface area (Å²) in [5.41, 5.74) is 0.866. The van der Waals surface area contributed by atoms with Crippen molar-refractivity contribution in [3.63, 3.8) is 0 Å². The average Bonchev–Trinajstić information content (AvgIpc) is 2.98. The van der Waals surface area contributed by atoms with Crippen LogP contribution >= 0.6 is 11.3 Å². The highest BCUT2D eigenvalue weighted by Gasteiger charge is 2.35. The Labute approximate surface area is 129 Å². The minimum absolute atomic E-state index is 0.0523. The molecule has 1 aliphatic carbocycles. The highest BCUT2D eigenvalue weighted by molar-refractivity contribution is 7.15. The summed E-state index contributed by atoms with van der Waals surface area (Å²) in [4.78, 5) is 17.9. The van der Waals surface area contributed by atoms with Gasteiger partial charge in [0.05, 0.1) is 24.4 Å². The van der Waals surface area contributed by atoms with Crippen molar-refractivity contribution in [2.75, 3.05) is 25.1 Å². The Kier molecular flexibility index (Phi) is 4.17. The number of nitrogens with zero attached hydrogens (tertiary/aromatic N) is 1. The molecule has 1 aromatic heterocycles. The summed E-state index contributed by atoms with van der Waals surface area (Å²) in [6, 6.07) is 0. The number of hydrogen-bond acceptors (Lipinski definition) is 6. The van der Waals surface area contributed by atoms with Crippen molar-refractivity contribution in [3.8, 4) is 0 Å². The third-order valence-corrected chi connectivity index (χ3v) is 5.18. The highest BCUT2D eigenvalue weighted by Crippen LogP contribution is 2.40. The number of aromatic nitrogens is 1. The lowest BCUT2D eigenvalue weighted by Gasteiger charge is -2.34. The number of anilines is 1. The molecule has 1 aromatic rings. The van der Waals surface area contributed by atoms with E-state index in [9.17, 15) is 4.79 Å². The molecule has 0 bridgehead atoms. The van der Waals surface area contributed by atoms with Crippen molar-refractivity contribution in [2.24, 2.45) is 0 Å². The van der Waals surface area contributed by atoms with Gasteiger partial charge in [-0.3, -0.25) is 4.79 Å². The first-order valence-electron chi connectivity index (χ1n) is 7.63. The second kappa shape index (κ2) is 5.93. The smallest absolute Gasteiger partial charge is 0.315 e. The summed E-state index contributed by atoms with van der Waals surface area (Å²) in [5.74, 6) is -0.317. The van der Waals surface area contributed by atoms with Crippen LogP contribution in [0.2, 0.25) is 0 Å². The van der Waals surface area contributed by atoms with E-state index in [1.54, 1.807) is 11.3 Å². The fourth-order valence-corrected chi connectivity index (χ4v) is 4.23. The number of rotatable bonds is 4. The number of fused-ring (bicyclic) bond motifs is 1. The van der Waals surface area contributed by atoms with Crippen molar-refractivity contribution >= 4 is 22.4 Å². The molecule has 6 heteroatoms. The van der Waals surface area contributed by atoms with Crippen LogP contribution in [-0.4, -0.2) is 36.3 Å². The Hall–Kier alpha value is -1.14. The first-order valence-corrected chi connectivity index (χ1v) is 8.45. The fraction of sp³-hybridized carbons (Fsp3) is 0.733. The zero-order valence-corrected chi connectivity index (χ0v) is 13.4. The van der Waals surface area contributed by atoms with Gasteiger partial charge in [-0.15, -0.1) is 11.3 Å². The summed E-state index contributed by atoms with van der Waals surface area (Å²) in [7, 11) is 0. The number of hydrogen-bond donors (Lipinski definition) is 1. The molecule has 0 radical (unpaired) electrons. The van der Waals surface area contributed by atoms with E-state index in [2.05, 4.69) is 17.2 Å². The van der Waals surface area contributed by atoms with Crippen molar-refractivity contribution in [3.05, 3.63) is 10.6 Å². The Morgan fingerprint density at radius 3 is 3.19 bits per heavy atom. The molecule has 21 heavy (non-hydrogen) atoms. The first-order chi connectivity index (χ1) is 10.1. The Balaban J connectivity index is 1.72. The maximum absolute atomic E-state index is 12.0. The number of nitrogens with one attached hydrogen (secondary N) is 1. The molecule has 5 nitrogen and oxygen atoms in total. The summed E-state index contributed by atoms with van der Waals surface area (Å²) in [6.07, 6.45) is 3.90. The van der Waals surface area contributed by atoms with E-state index in [0.717, 1.165) is 43.1 Å². The summed E-state index contributed by atoms with van der Waals surface area (Å²) < 4.78 is 10.7. The lowest BCUT2D eigenvalue weighted by atomic mass is 9.95. The summed E-state index contributed by atoms with van der Waals surface area (Å²) in [5, 5.41) is 4.41. The second-order valence-corrected chi connectivity index (χ2v) is 7.10. The van der Waals surface area contributed by atoms with E-state index in [1.165, 1.54) is 4.88 Å². The van der Waals surface area contributed by atoms with Crippen LogP contribution < -0.4 is 5.32 Å². The van der Waals surface area contributed by atoms with Crippen LogP contribution in [0.15, 0.2) is 0 Å². The van der Waals surface area contributed by atoms with E-state index >= 15 is 0 Å². The normalized spacial score (nSPS) is 28.2. The zero-order chi connectivity index (χ0) is 14.9. The molecule has 2 atom stereocenters. The fourth-order valence-electron chi connectivity index (χ4n) is 3.04. The molecule has 0 saturated carbocycles. The number of thiazole rings is 1. The van der Waals surface area contributed by atoms with Gasteiger partial charge in [0.2, 0.25) is 0 Å². The molecule has 1 N–H and O–H groups in total. The van der Waals surface area contributed by atoms with Crippen LogP contribution in [-0.2, 0) is 20.7 Å². The van der Waals surface area contributed by atoms with Gasteiger partial charge in [-0.05, 0) is 39.5 Å². The highest BCUT2D eigenvalue weighted by atomic mass is 32.1. The standard InChI is InChI=1S/C15H22N2O3S/c1-3-20-13(18)10-5-6-11-12(10)16-14(21-11)17-15(2)7-4-8-19-9-15/h10H,3-9H2,1-2H3,(H,16,17). The van der Waals surface area contributed by atoms with E-state index in [-0.39, 0.29) is 17.4 Å². The second-order valence-electron chi connectivity index (χ2n) is 6.01. The molecule has 0 spiro atoms. The van der Waals surface area contributed by atoms with Crippen LogP contribution in [0.4, 0.5) is 5.13 Å². The van der Waals surface area contributed by atoms with Crippen molar-refractivity contribution < 1.29 is 14.3 Å². The lowest BCUT2D eigenvalue weighted by molar-refractivity contribution is -0.145. The molecule has 2 aliphatic rings. The van der Waals surface area contributed by atoms with Crippen LogP contribution in [0.25, 0.3) is 0 Å². The van der Waals surface area contributed by atoms with E-state index in [0.29, 0.717) is 13.2 Å². The maximum Gasteiger partial charge on any atom is 0.315 e. The molecule has 1 fully saturated rings. The van der Waals surface area contributed by atoms with E-state index in [1.807, 2.05) is 6.92 Å². The monoisotopic (exact) mass is 310 g/mol. The zero-order valence-electron chi connectivity index (χ0n) is 12.6. The quantitative estimate of drug-likeness (QED) is 0.867. The molecule has 1 saturated heterocycles. The van der Waals surface area contributed by atoms with Gasteiger partial charge < -0.3 is 14.8 Å². The Bertz CT molecular complexity index is 523. The molecule has 116 valence electrons. The SMILES string of the molecule is CCOC(=O)C1CCc2sc(NC3(C)CCCOC3)nc21. The third-order valence-electron chi connectivity index (χ3n) is 4.14. The van der Waals surface area contributed by atoms with Crippen LogP contribution in [0.1, 0.15) is 49.6 Å². The minimum Gasteiger partial charge on any atom is -0.465 e. The largest absolute Gasteiger partial charge is 0.465 e. The molecule has 2 unspecified atom stereocenters. The number of aryl methyl sites for hydroxylation is 1. The Morgan fingerprint density at radius 1 is 1.62 bits per heavy atom. The Morgan fingerprint density at radius 2 is 2.48 bits per heavy atom.